The summed E-state index contributed by atoms with van der Waals surface area (Å²) >= 11 is 5.21. The van der Waals surface area contributed by atoms with Gasteiger partial charge in [-0.05, 0) is 26.0 Å². The lowest BCUT2D eigenvalue weighted by molar-refractivity contribution is -0.121. The average molecular weight is 171 g/mol. The summed E-state index contributed by atoms with van der Waals surface area (Å²) in [5, 5.41) is 1.73. The molecule has 3 heteroatoms. The molecule has 0 aromatic carbocycles. The third-order valence-electron chi connectivity index (χ3n) is 0.948. The molecule has 0 heterocycles. The first-order valence-electron chi connectivity index (χ1n) is 7.07. The van der Waals surface area contributed by atoms with Crippen molar-refractivity contribution >= 4 is 17.5 Å². The Labute approximate surface area is 78.6 Å². The Kier molecular flexibility index (Phi) is 0.593. The van der Waals surface area contributed by atoms with Crippen molar-refractivity contribution in [2.24, 2.45) is 0 Å². The van der Waals surface area contributed by atoms with Crippen LogP contribution in [0.2, 0.25) is 0 Å². The van der Waals surface area contributed by atoms with E-state index in [0.29, 0.717) is 0 Å². The minimum absolute atomic E-state index is 0.688. The standard InChI is InChI=1S/C7H12ClNO/c1-7(3-2-4-7)9-6(10)5-8/h2-5H2,1H3,(H,9,10)/i1D3,2D2,3D2,4D2. The lowest BCUT2D eigenvalue weighted by Gasteiger charge is -2.38. The number of nitrogens with one attached hydrogen (secondary N) is 1. The SMILES string of the molecule is [2H]C([2H])([2H])C1(NC(=O)CCl)C([2H])([2H])C([2H])([2H])C1([2H])[2H]. The van der Waals surface area contributed by atoms with Crippen LogP contribution in [-0.4, -0.2) is 17.3 Å². The van der Waals surface area contributed by atoms with Crippen LogP contribution in [0.15, 0.2) is 0 Å². The van der Waals surface area contributed by atoms with Gasteiger partial charge in [-0.25, -0.2) is 0 Å². The van der Waals surface area contributed by atoms with E-state index in [1.54, 1.807) is 5.32 Å². The first-order chi connectivity index (χ1) is 8.20. The molecule has 0 spiro atoms. The van der Waals surface area contributed by atoms with Crippen molar-refractivity contribution in [1.82, 2.24) is 5.32 Å². The van der Waals surface area contributed by atoms with Gasteiger partial charge >= 0.3 is 0 Å². The second-order valence-electron chi connectivity index (χ2n) is 1.81. The van der Waals surface area contributed by atoms with E-state index in [9.17, 15) is 4.79 Å². The first-order valence-corrected chi connectivity index (χ1v) is 3.11. The van der Waals surface area contributed by atoms with E-state index >= 15 is 0 Å². The predicted molar refractivity (Wildman–Crippen MR) is 41.1 cm³/mol. The zero-order valence-electron chi connectivity index (χ0n) is 14.0. The Morgan fingerprint density at radius 3 is 3.20 bits per heavy atom. The predicted octanol–water partition coefficient (Wildman–Crippen LogP) is 1.28. The van der Waals surface area contributed by atoms with Crippen molar-refractivity contribution in [1.29, 1.82) is 0 Å². The van der Waals surface area contributed by atoms with Gasteiger partial charge in [0.05, 0.1) is 0 Å². The molecule has 0 aromatic rings. The molecule has 0 aromatic heterocycles. The molecule has 1 amide bonds. The summed E-state index contributed by atoms with van der Waals surface area (Å²) in [5.74, 6) is -1.77. The Morgan fingerprint density at radius 1 is 2.00 bits per heavy atom. The maximum Gasteiger partial charge on any atom is 0.235 e. The highest BCUT2D eigenvalue weighted by Gasteiger charge is 2.32. The van der Waals surface area contributed by atoms with Gasteiger partial charge in [0.2, 0.25) is 5.91 Å². The third-order valence-corrected chi connectivity index (χ3v) is 1.19. The number of hydrogen-bond donors (Lipinski definition) is 1. The fraction of sp³-hybridized carbons (Fsp3) is 0.857. The summed E-state index contributed by atoms with van der Waals surface area (Å²) < 4.78 is 67.1. The molecule has 0 aliphatic heterocycles. The third kappa shape index (κ3) is 1.63. The summed E-state index contributed by atoms with van der Waals surface area (Å²) in [7, 11) is 0. The molecule has 1 saturated carbocycles. The summed E-state index contributed by atoms with van der Waals surface area (Å²) in [4.78, 5) is 11.3. The van der Waals surface area contributed by atoms with Gasteiger partial charge in [-0.3, -0.25) is 4.79 Å². The van der Waals surface area contributed by atoms with Crippen molar-refractivity contribution in [2.45, 2.75) is 31.5 Å². The molecular formula is C7H12ClNO. The largest absolute Gasteiger partial charge is 0.350 e. The molecule has 10 heavy (non-hydrogen) atoms. The molecule has 0 atom stereocenters. The lowest BCUT2D eigenvalue weighted by atomic mass is 9.78. The molecule has 0 radical (unpaired) electrons. The monoisotopic (exact) mass is 170 g/mol. The van der Waals surface area contributed by atoms with Crippen LogP contribution >= 0.6 is 11.6 Å². The zero-order chi connectivity index (χ0) is 15.5. The molecule has 0 saturated heterocycles. The van der Waals surface area contributed by atoms with Crippen molar-refractivity contribution in [2.75, 3.05) is 5.88 Å². The number of rotatable bonds is 2. The normalized spacial score (nSPS) is 51.1. The smallest absolute Gasteiger partial charge is 0.235 e. The number of alkyl halides is 1. The van der Waals surface area contributed by atoms with Crippen molar-refractivity contribution in [3.8, 4) is 0 Å². The second-order valence-corrected chi connectivity index (χ2v) is 2.07. The van der Waals surface area contributed by atoms with E-state index in [1.165, 1.54) is 0 Å². The minimum Gasteiger partial charge on any atom is -0.350 e. The highest BCUT2D eigenvalue weighted by atomic mass is 35.5. The van der Waals surface area contributed by atoms with Crippen LogP contribution < -0.4 is 5.32 Å². The van der Waals surface area contributed by atoms with Crippen LogP contribution in [0.1, 0.15) is 38.3 Å². The van der Waals surface area contributed by atoms with E-state index in [2.05, 4.69) is 0 Å². The Balaban J connectivity index is 3.47. The van der Waals surface area contributed by atoms with Crippen LogP contribution in [0.3, 0.4) is 0 Å². The molecule has 1 fully saturated rings. The van der Waals surface area contributed by atoms with Gasteiger partial charge in [-0.15, -0.1) is 11.6 Å². The Morgan fingerprint density at radius 2 is 2.70 bits per heavy atom. The maximum absolute atomic E-state index is 11.3. The molecule has 1 aliphatic rings. The Bertz CT molecular complexity index is 386. The molecule has 1 rings (SSSR count). The fourth-order valence-electron chi connectivity index (χ4n) is 0.493. The number of halogens is 1. The van der Waals surface area contributed by atoms with Gasteiger partial charge < -0.3 is 5.32 Å². The highest BCUT2D eigenvalue weighted by molar-refractivity contribution is 6.27. The topological polar surface area (TPSA) is 29.1 Å². The number of carbonyl (C=O) groups excluding carboxylic acids is 1. The van der Waals surface area contributed by atoms with Crippen molar-refractivity contribution < 1.29 is 17.1 Å². The van der Waals surface area contributed by atoms with Gasteiger partial charge in [-0.2, -0.15) is 0 Å². The van der Waals surface area contributed by atoms with E-state index < -0.39 is 43.3 Å². The number of hydrogen-bond acceptors (Lipinski definition) is 1. The molecule has 0 bridgehead atoms. The summed E-state index contributed by atoms with van der Waals surface area (Å²) in [5.41, 5.74) is -2.98. The molecule has 2 nitrogen and oxygen atoms in total. The van der Waals surface area contributed by atoms with E-state index in [0.717, 1.165) is 0 Å². The van der Waals surface area contributed by atoms with E-state index in [-0.39, 0.29) is 0 Å². The quantitative estimate of drug-likeness (QED) is 0.622. The van der Waals surface area contributed by atoms with Crippen molar-refractivity contribution in [3.05, 3.63) is 0 Å². The van der Waals surface area contributed by atoms with Crippen LogP contribution in [0.4, 0.5) is 0 Å². The van der Waals surface area contributed by atoms with Gasteiger partial charge in [-0.1, -0.05) is 0 Å². The first kappa shape index (κ1) is 2.13. The zero-order valence-corrected chi connectivity index (χ0v) is 5.75. The van der Waals surface area contributed by atoms with E-state index in [4.69, 9.17) is 23.9 Å². The highest BCUT2D eigenvalue weighted by Crippen LogP contribution is 2.30. The van der Waals surface area contributed by atoms with Crippen LogP contribution in [0.25, 0.3) is 0 Å². The van der Waals surface area contributed by atoms with Gasteiger partial charge in [0.15, 0.2) is 0 Å². The molecule has 1 aliphatic carbocycles. The minimum atomic E-state index is -3.28. The van der Waals surface area contributed by atoms with Crippen LogP contribution in [-0.2, 0) is 4.79 Å². The average Bonchev–Trinajstić information content (AvgIpc) is 2.21. The fourth-order valence-corrected chi connectivity index (χ4v) is 0.559. The van der Waals surface area contributed by atoms with Crippen LogP contribution in [0, 0.1) is 0 Å². The lowest BCUT2D eigenvalue weighted by Crippen LogP contribution is -2.51. The van der Waals surface area contributed by atoms with Gasteiger partial charge in [0, 0.05) is 17.9 Å². The summed E-state index contributed by atoms with van der Waals surface area (Å²) in [6.45, 7) is -3.28. The molecule has 0 unspecified atom stereocenters. The number of amides is 1. The number of carbonyl (C=O) groups is 1. The molecular weight excluding hydrogens is 150 g/mol. The van der Waals surface area contributed by atoms with E-state index in [1.807, 2.05) is 0 Å². The van der Waals surface area contributed by atoms with Gasteiger partial charge in [0.1, 0.15) is 5.88 Å². The second kappa shape index (κ2) is 2.79. The molecule has 58 valence electrons. The summed E-state index contributed by atoms with van der Waals surface area (Å²) in [6.07, 6.45) is -9.29. The van der Waals surface area contributed by atoms with Gasteiger partial charge in [0.25, 0.3) is 0 Å². The van der Waals surface area contributed by atoms with Crippen molar-refractivity contribution in [3.63, 3.8) is 0 Å². The molecule has 1 N–H and O–H groups in total. The summed E-state index contributed by atoms with van der Waals surface area (Å²) in [6, 6.07) is 0. The Hall–Kier alpha value is -0.240. The van der Waals surface area contributed by atoms with Crippen LogP contribution in [0.5, 0.6) is 0 Å². The maximum atomic E-state index is 11.3.